The van der Waals surface area contributed by atoms with E-state index >= 15 is 0 Å². The van der Waals surface area contributed by atoms with E-state index in [1.807, 2.05) is 16.1 Å². The highest BCUT2D eigenvalue weighted by molar-refractivity contribution is 7.07. The van der Waals surface area contributed by atoms with Gasteiger partial charge in [-0.2, -0.15) is 0 Å². The van der Waals surface area contributed by atoms with Crippen LogP contribution < -0.4 is 21.7 Å². The summed E-state index contributed by atoms with van der Waals surface area (Å²) in [4.78, 5) is 21.1. The summed E-state index contributed by atoms with van der Waals surface area (Å²) in [5, 5.41) is 16.8. The molecule has 9 nitrogen and oxygen atoms in total. The number of carbonyl (C=O) groups is 1. The van der Waals surface area contributed by atoms with Crippen molar-refractivity contribution in [1.29, 1.82) is 0 Å². The number of imidazole rings is 1. The maximum absolute atomic E-state index is 12.4. The van der Waals surface area contributed by atoms with Crippen LogP contribution in [0.15, 0.2) is 29.4 Å². The Labute approximate surface area is 184 Å². The first kappa shape index (κ1) is 20.2. The van der Waals surface area contributed by atoms with Gasteiger partial charge >= 0.3 is 0 Å². The summed E-state index contributed by atoms with van der Waals surface area (Å²) in [5.41, 5.74) is 10.6. The van der Waals surface area contributed by atoms with Crippen LogP contribution in [0.5, 0.6) is 0 Å². The van der Waals surface area contributed by atoms with Crippen molar-refractivity contribution in [2.75, 3.05) is 10.6 Å². The summed E-state index contributed by atoms with van der Waals surface area (Å²) < 4.78 is 1.82. The van der Waals surface area contributed by atoms with E-state index in [4.69, 9.17) is 5.73 Å². The first-order valence-corrected chi connectivity index (χ1v) is 11.9. The molecule has 3 heterocycles. The van der Waals surface area contributed by atoms with Crippen LogP contribution in [0, 0.1) is 0 Å². The SMILES string of the molecule is N[C@@H](Cc1cscn1)C(=O)NC1CCC(Nc2cc(NC3CC3)c3nccn3n2)CC1. The summed E-state index contributed by atoms with van der Waals surface area (Å²) in [5.74, 6) is 0.763. The molecule has 0 radical (unpaired) electrons. The minimum absolute atomic E-state index is 0.0903. The first-order valence-electron chi connectivity index (χ1n) is 10.9. The number of fused-ring (bicyclic) bond motifs is 1. The quantitative estimate of drug-likeness (QED) is 0.423. The molecule has 3 aromatic rings. The number of aromatic nitrogens is 4. The number of carbonyl (C=O) groups excluding carboxylic acids is 1. The molecule has 2 aliphatic carbocycles. The van der Waals surface area contributed by atoms with Gasteiger partial charge in [-0.15, -0.1) is 16.4 Å². The van der Waals surface area contributed by atoms with Gasteiger partial charge in [0.15, 0.2) is 5.65 Å². The second kappa shape index (κ2) is 8.80. The van der Waals surface area contributed by atoms with Crippen LogP contribution in [0.1, 0.15) is 44.2 Å². The van der Waals surface area contributed by atoms with Crippen molar-refractivity contribution in [3.63, 3.8) is 0 Å². The van der Waals surface area contributed by atoms with E-state index in [9.17, 15) is 4.79 Å². The molecule has 1 amide bonds. The second-order valence-corrected chi connectivity index (χ2v) is 9.27. The molecule has 31 heavy (non-hydrogen) atoms. The highest BCUT2D eigenvalue weighted by atomic mass is 32.1. The van der Waals surface area contributed by atoms with Crippen molar-refractivity contribution in [2.24, 2.45) is 5.73 Å². The maximum atomic E-state index is 12.4. The van der Waals surface area contributed by atoms with E-state index in [-0.39, 0.29) is 11.9 Å². The lowest BCUT2D eigenvalue weighted by Crippen LogP contribution is -2.48. The van der Waals surface area contributed by atoms with Crippen molar-refractivity contribution < 1.29 is 4.79 Å². The van der Waals surface area contributed by atoms with Gasteiger partial charge in [0.1, 0.15) is 5.82 Å². The molecule has 2 saturated carbocycles. The third-order valence-electron chi connectivity index (χ3n) is 5.97. The smallest absolute Gasteiger partial charge is 0.237 e. The first-order chi connectivity index (χ1) is 15.1. The van der Waals surface area contributed by atoms with Gasteiger partial charge in [-0.3, -0.25) is 4.79 Å². The average Bonchev–Trinajstić information content (AvgIpc) is 3.22. The maximum Gasteiger partial charge on any atom is 0.237 e. The highest BCUT2D eigenvalue weighted by Gasteiger charge is 2.26. The normalized spacial score (nSPS) is 22.2. The van der Waals surface area contributed by atoms with Crippen molar-refractivity contribution in [2.45, 2.75) is 69.1 Å². The molecule has 5 rings (SSSR count). The topological polar surface area (TPSA) is 122 Å². The molecule has 0 spiro atoms. The lowest BCUT2D eigenvalue weighted by molar-refractivity contribution is -0.123. The monoisotopic (exact) mass is 440 g/mol. The predicted molar refractivity (Wildman–Crippen MR) is 121 cm³/mol. The van der Waals surface area contributed by atoms with E-state index in [1.54, 1.807) is 11.7 Å². The lowest BCUT2D eigenvalue weighted by atomic mass is 9.91. The summed E-state index contributed by atoms with van der Waals surface area (Å²) in [6, 6.07) is 2.56. The molecule has 0 saturated heterocycles. The Hall–Kier alpha value is -2.72. The molecule has 10 heteroatoms. The van der Waals surface area contributed by atoms with Crippen LogP contribution in [0.4, 0.5) is 11.5 Å². The Morgan fingerprint density at radius 1 is 1.13 bits per heavy atom. The van der Waals surface area contributed by atoms with Crippen LogP contribution in [-0.4, -0.2) is 49.7 Å². The number of nitrogens with one attached hydrogen (secondary N) is 3. The predicted octanol–water partition coefficient (Wildman–Crippen LogP) is 2.17. The Balaban J connectivity index is 1.13. The van der Waals surface area contributed by atoms with Crippen molar-refractivity contribution in [3.8, 4) is 0 Å². The standard InChI is InChI=1S/C21H28N8OS/c22-17(9-16-11-31-12-24-16)21(30)27-15-5-3-14(4-6-15)26-19-10-18(25-13-1-2-13)20-23-7-8-29(20)28-19/h7-8,10-15,17,25H,1-6,9,22H2,(H,26,28)(H,27,30)/t14?,15?,17-/m0/s1. The molecule has 2 fully saturated rings. The molecule has 0 unspecified atom stereocenters. The fourth-order valence-corrected chi connectivity index (χ4v) is 4.67. The Bertz CT molecular complexity index is 1020. The van der Waals surface area contributed by atoms with E-state index < -0.39 is 6.04 Å². The zero-order valence-electron chi connectivity index (χ0n) is 17.3. The van der Waals surface area contributed by atoms with Gasteiger partial charge in [0.2, 0.25) is 5.91 Å². The van der Waals surface area contributed by atoms with Gasteiger partial charge in [0.05, 0.1) is 22.9 Å². The molecule has 3 aromatic heterocycles. The number of nitrogens with two attached hydrogens (primary N) is 1. The summed E-state index contributed by atoms with van der Waals surface area (Å²) >= 11 is 1.52. The molecule has 0 aromatic carbocycles. The summed E-state index contributed by atoms with van der Waals surface area (Å²) in [6.07, 6.45) is 10.3. The van der Waals surface area contributed by atoms with E-state index in [2.05, 4.69) is 37.1 Å². The number of anilines is 2. The van der Waals surface area contributed by atoms with Gasteiger partial charge < -0.3 is 21.7 Å². The van der Waals surface area contributed by atoms with E-state index in [0.29, 0.717) is 18.5 Å². The highest BCUT2D eigenvalue weighted by Crippen LogP contribution is 2.29. The Morgan fingerprint density at radius 2 is 1.87 bits per heavy atom. The number of rotatable bonds is 8. The number of amides is 1. The van der Waals surface area contributed by atoms with E-state index in [0.717, 1.165) is 48.5 Å². The van der Waals surface area contributed by atoms with Gasteiger partial charge in [-0.1, -0.05) is 0 Å². The fourth-order valence-electron chi connectivity index (χ4n) is 4.10. The number of nitrogens with zero attached hydrogens (tertiary/aromatic N) is 4. The Kier molecular flexibility index (Phi) is 5.73. The van der Waals surface area contributed by atoms with Crippen molar-refractivity contribution in [3.05, 3.63) is 35.0 Å². The number of hydrogen-bond acceptors (Lipinski definition) is 8. The summed E-state index contributed by atoms with van der Waals surface area (Å²) in [6.45, 7) is 0. The fraction of sp³-hybridized carbons (Fsp3) is 0.524. The number of hydrogen-bond donors (Lipinski definition) is 4. The van der Waals surface area contributed by atoms with Crippen molar-refractivity contribution in [1.82, 2.24) is 24.9 Å². The minimum Gasteiger partial charge on any atom is -0.379 e. The van der Waals surface area contributed by atoms with Gasteiger partial charge in [-0.25, -0.2) is 14.5 Å². The minimum atomic E-state index is -0.554. The third-order valence-corrected chi connectivity index (χ3v) is 6.61. The van der Waals surface area contributed by atoms with Gasteiger partial charge in [0, 0.05) is 48.4 Å². The molecule has 164 valence electrons. The lowest BCUT2D eigenvalue weighted by Gasteiger charge is -2.30. The molecule has 0 aliphatic heterocycles. The third kappa shape index (κ3) is 4.96. The second-order valence-electron chi connectivity index (χ2n) is 8.55. The average molecular weight is 441 g/mol. The van der Waals surface area contributed by atoms with Crippen LogP contribution >= 0.6 is 11.3 Å². The number of thiazole rings is 1. The molecule has 5 N–H and O–H groups in total. The van der Waals surface area contributed by atoms with Crippen LogP contribution in [0.25, 0.3) is 5.65 Å². The van der Waals surface area contributed by atoms with Crippen LogP contribution in [0.2, 0.25) is 0 Å². The molecule has 0 bridgehead atoms. The zero-order valence-corrected chi connectivity index (χ0v) is 18.1. The molecular formula is C21H28N8OS. The molecule has 1 atom stereocenters. The van der Waals surface area contributed by atoms with Gasteiger partial charge in [0.25, 0.3) is 0 Å². The van der Waals surface area contributed by atoms with Crippen molar-refractivity contribution >= 4 is 34.4 Å². The molecule has 2 aliphatic rings. The van der Waals surface area contributed by atoms with Crippen LogP contribution in [-0.2, 0) is 11.2 Å². The van der Waals surface area contributed by atoms with Crippen LogP contribution in [0.3, 0.4) is 0 Å². The van der Waals surface area contributed by atoms with E-state index in [1.165, 1.54) is 24.2 Å². The largest absolute Gasteiger partial charge is 0.379 e. The summed E-state index contributed by atoms with van der Waals surface area (Å²) in [7, 11) is 0. The zero-order chi connectivity index (χ0) is 21.2. The van der Waals surface area contributed by atoms with Gasteiger partial charge in [-0.05, 0) is 38.5 Å². The molecular weight excluding hydrogens is 412 g/mol. The Morgan fingerprint density at radius 3 is 2.61 bits per heavy atom.